The quantitative estimate of drug-likeness (QED) is 0.722. The van der Waals surface area contributed by atoms with E-state index in [1.54, 1.807) is 6.20 Å². The van der Waals surface area contributed by atoms with Gasteiger partial charge in [-0.1, -0.05) is 13.3 Å². The molecule has 0 spiro atoms. The molecule has 4 heteroatoms. The van der Waals surface area contributed by atoms with Crippen LogP contribution in [0.15, 0.2) is 12.3 Å². The van der Waals surface area contributed by atoms with Crippen molar-refractivity contribution in [2.75, 3.05) is 13.2 Å². The zero-order valence-corrected chi connectivity index (χ0v) is 10.8. The number of aromatic nitrogens is 2. The predicted octanol–water partition coefficient (Wildman–Crippen LogP) is 1.67. The van der Waals surface area contributed by atoms with Gasteiger partial charge in [0.05, 0.1) is 5.69 Å². The van der Waals surface area contributed by atoms with Crippen LogP contribution in [0.2, 0.25) is 0 Å². The van der Waals surface area contributed by atoms with E-state index in [9.17, 15) is 0 Å². The van der Waals surface area contributed by atoms with Gasteiger partial charge in [0.15, 0.2) is 0 Å². The first-order chi connectivity index (χ1) is 8.26. The molecule has 1 aromatic heterocycles. The Balaban J connectivity index is 2.30. The van der Waals surface area contributed by atoms with E-state index in [4.69, 9.17) is 5.11 Å². The van der Waals surface area contributed by atoms with Crippen LogP contribution < -0.4 is 5.32 Å². The molecule has 1 atom stereocenters. The Hall–Kier alpha value is -1.00. The molecule has 1 aromatic rings. The number of hydrogen-bond donors (Lipinski definition) is 2. The maximum Gasteiger partial charge on any atom is 0.125 e. The van der Waals surface area contributed by atoms with Crippen molar-refractivity contribution in [3.63, 3.8) is 0 Å². The molecule has 0 saturated carbocycles. The number of nitrogens with one attached hydrogen (secondary N) is 1. The number of aryl methyl sites for hydroxylation is 1. The molecule has 0 radical (unpaired) electrons. The van der Waals surface area contributed by atoms with Gasteiger partial charge in [-0.25, -0.2) is 9.97 Å². The Morgan fingerprint density at radius 3 is 2.88 bits per heavy atom. The maximum absolute atomic E-state index is 8.97. The number of aliphatic hydroxyl groups excluding tert-OH is 1. The first-order valence-electron chi connectivity index (χ1n) is 6.36. The summed E-state index contributed by atoms with van der Waals surface area (Å²) in [6, 6.07) is 1.93. The van der Waals surface area contributed by atoms with Gasteiger partial charge in [-0.3, -0.25) is 0 Å². The second-order valence-corrected chi connectivity index (χ2v) is 4.39. The molecule has 1 unspecified atom stereocenters. The third-order valence-corrected chi connectivity index (χ3v) is 2.81. The van der Waals surface area contributed by atoms with Crippen molar-refractivity contribution in [2.24, 2.45) is 5.92 Å². The Kier molecular flexibility index (Phi) is 6.74. The molecule has 0 bridgehead atoms. The van der Waals surface area contributed by atoms with E-state index in [2.05, 4.69) is 22.2 Å². The van der Waals surface area contributed by atoms with Crippen LogP contribution in [0.25, 0.3) is 0 Å². The number of hydrogen-bond acceptors (Lipinski definition) is 4. The fraction of sp³-hybridized carbons (Fsp3) is 0.692. The topological polar surface area (TPSA) is 58.0 Å². The second kappa shape index (κ2) is 8.14. The van der Waals surface area contributed by atoms with Gasteiger partial charge in [0.2, 0.25) is 0 Å². The molecule has 1 rings (SSSR count). The Morgan fingerprint density at radius 1 is 1.41 bits per heavy atom. The van der Waals surface area contributed by atoms with Crippen molar-refractivity contribution in [2.45, 2.75) is 39.7 Å². The fourth-order valence-electron chi connectivity index (χ4n) is 1.95. The van der Waals surface area contributed by atoms with Crippen LogP contribution in [-0.4, -0.2) is 28.2 Å². The van der Waals surface area contributed by atoms with Crippen molar-refractivity contribution in [3.8, 4) is 0 Å². The highest BCUT2D eigenvalue weighted by atomic mass is 16.3. The van der Waals surface area contributed by atoms with Gasteiger partial charge >= 0.3 is 0 Å². The lowest BCUT2D eigenvalue weighted by Gasteiger charge is -2.15. The van der Waals surface area contributed by atoms with Crippen LogP contribution in [0.5, 0.6) is 0 Å². The van der Waals surface area contributed by atoms with E-state index in [0.717, 1.165) is 37.4 Å². The number of aliphatic hydroxyl groups is 1. The molecule has 0 saturated heterocycles. The summed E-state index contributed by atoms with van der Waals surface area (Å²) in [6.07, 6.45) is 5.00. The monoisotopic (exact) mass is 237 g/mol. The largest absolute Gasteiger partial charge is 0.396 e. The van der Waals surface area contributed by atoms with E-state index < -0.39 is 0 Å². The highest BCUT2D eigenvalue weighted by Crippen LogP contribution is 2.09. The molecule has 0 aromatic carbocycles. The van der Waals surface area contributed by atoms with Crippen LogP contribution >= 0.6 is 0 Å². The molecular weight excluding hydrogens is 214 g/mol. The van der Waals surface area contributed by atoms with Gasteiger partial charge in [-0.15, -0.1) is 0 Å². The van der Waals surface area contributed by atoms with Crippen LogP contribution in [0, 0.1) is 12.8 Å². The normalized spacial score (nSPS) is 12.6. The van der Waals surface area contributed by atoms with E-state index in [0.29, 0.717) is 5.92 Å². The molecule has 0 aliphatic heterocycles. The molecule has 0 fully saturated rings. The molecule has 4 nitrogen and oxygen atoms in total. The van der Waals surface area contributed by atoms with Gasteiger partial charge < -0.3 is 10.4 Å². The predicted molar refractivity (Wildman–Crippen MR) is 68.6 cm³/mol. The standard InChI is InChI=1S/C13H23N3O/c1-3-4-12(6-8-17)9-14-10-13-5-7-15-11(2)16-13/h5,7,12,14,17H,3-4,6,8-10H2,1-2H3. The summed E-state index contributed by atoms with van der Waals surface area (Å²) >= 11 is 0. The summed E-state index contributed by atoms with van der Waals surface area (Å²) in [5.41, 5.74) is 1.02. The van der Waals surface area contributed by atoms with Crippen molar-refractivity contribution in [3.05, 3.63) is 23.8 Å². The van der Waals surface area contributed by atoms with Crippen LogP contribution in [0.3, 0.4) is 0 Å². The molecule has 17 heavy (non-hydrogen) atoms. The van der Waals surface area contributed by atoms with Gasteiger partial charge in [-0.05, 0) is 38.3 Å². The van der Waals surface area contributed by atoms with Gasteiger partial charge in [0, 0.05) is 19.3 Å². The minimum absolute atomic E-state index is 0.277. The van der Waals surface area contributed by atoms with Crippen molar-refractivity contribution in [1.82, 2.24) is 15.3 Å². The van der Waals surface area contributed by atoms with E-state index in [-0.39, 0.29) is 6.61 Å². The van der Waals surface area contributed by atoms with Gasteiger partial charge in [0.1, 0.15) is 5.82 Å². The summed E-state index contributed by atoms with van der Waals surface area (Å²) in [5, 5.41) is 12.4. The third kappa shape index (κ3) is 5.75. The highest BCUT2D eigenvalue weighted by molar-refractivity contribution is 5.00. The molecule has 0 aliphatic rings. The minimum Gasteiger partial charge on any atom is -0.396 e. The van der Waals surface area contributed by atoms with E-state index in [1.165, 1.54) is 6.42 Å². The zero-order valence-electron chi connectivity index (χ0n) is 10.8. The minimum atomic E-state index is 0.277. The summed E-state index contributed by atoms with van der Waals surface area (Å²) in [6.45, 7) is 6.07. The molecule has 1 heterocycles. The van der Waals surface area contributed by atoms with Crippen LogP contribution in [0.1, 0.15) is 37.7 Å². The maximum atomic E-state index is 8.97. The van der Waals surface area contributed by atoms with Gasteiger partial charge in [-0.2, -0.15) is 0 Å². The molecule has 0 aliphatic carbocycles. The first kappa shape index (κ1) is 14.1. The summed E-state index contributed by atoms with van der Waals surface area (Å²) in [5.74, 6) is 1.37. The summed E-state index contributed by atoms with van der Waals surface area (Å²) in [7, 11) is 0. The average Bonchev–Trinajstić information content (AvgIpc) is 2.30. The Morgan fingerprint density at radius 2 is 2.24 bits per heavy atom. The smallest absolute Gasteiger partial charge is 0.125 e. The Labute approximate surface area is 103 Å². The second-order valence-electron chi connectivity index (χ2n) is 4.39. The first-order valence-corrected chi connectivity index (χ1v) is 6.36. The number of rotatable bonds is 8. The average molecular weight is 237 g/mol. The summed E-state index contributed by atoms with van der Waals surface area (Å²) < 4.78 is 0. The SMILES string of the molecule is CCCC(CCO)CNCc1ccnc(C)n1. The Bertz CT molecular complexity index is 311. The van der Waals surface area contributed by atoms with Crippen LogP contribution in [-0.2, 0) is 6.54 Å². The van der Waals surface area contributed by atoms with Crippen LogP contribution in [0.4, 0.5) is 0 Å². The third-order valence-electron chi connectivity index (χ3n) is 2.81. The van der Waals surface area contributed by atoms with E-state index >= 15 is 0 Å². The summed E-state index contributed by atoms with van der Waals surface area (Å²) in [4.78, 5) is 8.41. The van der Waals surface area contributed by atoms with Crippen molar-refractivity contribution >= 4 is 0 Å². The molecule has 2 N–H and O–H groups in total. The van der Waals surface area contributed by atoms with E-state index in [1.807, 2.05) is 13.0 Å². The molecular formula is C13H23N3O. The zero-order chi connectivity index (χ0) is 12.5. The highest BCUT2D eigenvalue weighted by Gasteiger charge is 2.06. The lowest BCUT2D eigenvalue weighted by Crippen LogP contribution is -2.23. The fourth-order valence-corrected chi connectivity index (χ4v) is 1.95. The molecule has 0 amide bonds. The van der Waals surface area contributed by atoms with Crippen molar-refractivity contribution < 1.29 is 5.11 Å². The lowest BCUT2D eigenvalue weighted by molar-refractivity contribution is 0.248. The van der Waals surface area contributed by atoms with Gasteiger partial charge in [0.25, 0.3) is 0 Å². The van der Waals surface area contributed by atoms with Crippen molar-refractivity contribution in [1.29, 1.82) is 0 Å². The lowest BCUT2D eigenvalue weighted by atomic mass is 10.0. The molecule has 96 valence electrons. The number of nitrogens with zero attached hydrogens (tertiary/aromatic N) is 2.